The molecule has 0 aliphatic carbocycles. The Kier molecular flexibility index (Phi) is 2.64. The minimum Gasteiger partial charge on any atom is -0.461 e. The third kappa shape index (κ3) is 1.66. The van der Waals surface area contributed by atoms with E-state index in [1.165, 1.54) is 0 Å². The molecule has 4 nitrogen and oxygen atoms in total. The molecule has 16 heavy (non-hydrogen) atoms. The van der Waals surface area contributed by atoms with Crippen LogP contribution in [-0.4, -0.2) is 22.0 Å². The number of aromatic nitrogens is 2. The number of rotatable bonds is 2. The molecule has 0 radical (unpaired) electrons. The zero-order valence-corrected chi connectivity index (χ0v) is 9.65. The van der Waals surface area contributed by atoms with E-state index in [1.54, 1.807) is 13.1 Å². The molecule has 0 aliphatic heterocycles. The molecule has 0 aromatic carbocycles. The standard InChI is InChI=1S/C12H14N2O2/c1-4-16-12(15)10-7-14-9(3)6-5-8(2)11(14)13-10/h5-7H,4H2,1-3H3. The van der Waals surface area contributed by atoms with Crippen molar-refractivity contribution in [3.05, 3.63) is 35.3 Å². The zero-order chi connectivity index (χ0) is 11.7. The second-order valence-electron chi connectivity index (χ2n) is 3.70. The first-order valence-corrected chi connectivity index (χ1v) is 5.26. The maximum atomic E-state index is 11.5. The molecule has 2 heterocycles. The maximum absolute atomic E-state index is 11.5. The Morgan fingerprint density at radius 2 is 2.19 bits per heavy atom. The summed E-state index contributed by atoms with van der Waals surface area (Å²) in [6, 6.07) is 3.99. The number of carbonyl (C=O) groups is 1. The average Bonchev–Trinajstić information content (AvgIpc) is 2.70. The van der Waals surface area contributed by atoms with Gasteiger partial charge < -0.3 is 9.14 Å². The smallest absolute Gasteiger partial charge is 0.358 e. The number of hydrogen-bond donors (Lipinski definition) is 0. The van der Waals surface area contributed by atoms with Crippen molar-refractivity contribution in [3.8, 4) is 0 Å². The Labute approximate surface area is 93.9 Å². The molecule has 0 saturated carbocycles. The average molecular weight is 218 g/mol. The molecule has 0 aliphatic rings. The van der Waals surface area contributed by atoms with E-state index < -0.39 is 0 Å². The number of esters is 1. The predicted molar refractivity (Wildman–Crippen MR) is 60.6 cm³/mol. The van der Waals surface area contributed by atoms with Crippen LogP contribution in [0.15, 0.2) is 18.3 Å². The second-order valence-corrected chi connectivity index (χ2v) is 3.70. The van der Waals surface area contributed by atoms with Crippen LogP contribution in [0.5, 0.6) is 0 Å². The summed E-state index contributed by atoms with van der Waals surface area (Å²) in [5.74, 6) is -0.370. The fourth-order valence-electron chi connectivity index (χ4n) is 1.63. The Morgan fingerprint density at radius 3 is 2.81 bits per heavy atom. The number of imidazole rings is 1. The van der Waals surface area contributed by atoms with Gasteiger partial charge in [-0.1, -0.05) is 6.07 Å². The van der Waals surface area contributed by atoms with E-state index in [9.17, 15) is 4.79 Å². The molecule has 0 unspecified atom stereocenters. The summed E-state index contributed by atoms with van der Waals surface area (Å²) in [4.78, 5) is 15.8. The summed E-state index contributed by atoms with van der Waals surface area (Å²) in [7, 11) is 0. The second kappa shape index (κ2) is 3.96. The van der Waals surface area contributed by atoms with Crippen LogP contribution in [-0.2, 0) is 4.74 Å². The molecular formula is C12H14N2O2. The molecule has 2 aromatic heterocycles. The van der Waals surface area contributed by atoms with Crippen LogP contribution in [0.25, 0.3) is 5.65 Å². The van der Waals surface area contributed by atoms with E-state index in [2.05, 4.69) is 4.98 Å². The number of aryl methyl sites for hydroxylation is 2. The van der Waals surface area contributed by atoms with Crippen LogP contribution in [0, 0.1) is 13.8 Å². The van der Waals surface area contributed by atoms with Crippen LogP contribution in [0.1, 0.15) is 28.7 Å². The lowest BCUT2D eigenvalue weighted by atomic mass is 10.2. The lowest BCUT2D eigenvalue weighted by Gasteiger charge is -2.00. The van der Waals surface area contributed by atoms with Gasteiger partial charge >= 0.3 is 5.97 Å². The molecule has 0 N–H and O–H groups in total. The molecule has 0 amide bonds. The number of ether oxygens (including phenoxy) is 1. The summed E-state index contributed by atoms with van der Waals surface area (Å²) < 4.78 is 6.83. The highest BCUT2D eigenvalue weighted by molar-refractivity contribution is 5.88. The first-order valence-electron chi connectivity index (χ1n) is 5.26. The van der Waals surface area contributed by atoms with Gasteiger partial charge in [-0.3, -0.25) is 0 Å². The van der Waals surface area contributed by atoms with Gasteiger partial charge in [0.2, 0.25) is 0 Å². The Hall–Kier alpha value is -1.84. The summed E-state index contributed by atoms with van der Waals surface area (Å²) >= 11 is 0. The summed E-state index contributed by atoms with van der Waals surface area (Å²) in [6.45, 7) is 6.09. The molecule has 0 fully saturated rings. The number of fused-ring (bicyclic) bond motifs is 1. The lowest BCUT2D eigenvalue weighted by Crippen LogP contribution is -2.04. The molecular weight excluding hydrogens is 204 g/mol. The zero-order valence-electron chi connectivity index (χ0n) is 9.65. The van der Waals surface area contributed by atoms with Gasteiger partial charge in [-0.05, 0) is 32.4 Å². The number of nitrogens with zero attached hydrogens (tertiary/aromatic N) is 2. The lowest BCUT2D eigenvalue weighted by molar-refractivity contribution is 0.0520. The first-order chi connectivity index (χ1) is 7.63. The summed E-state index contributed by atoms with van der Waals surface area (Å²) in [5, 5.41) is 0. The van der Waals surface area contributed by atoms with Gasteiger partial charge in [0.15, 0.2) is 5.69 Å². The molecule has 0 saturated heterocycles. The van der Waals surface area contributed by atoms with E-state index >= 15 is 0 Å². The van der Waals surface area contributed by atoms with Crippen molar-refractivity contribution in [3.63, 3.8) is 0 Å². The fourth-order valence-corrected chi connectivity index (χ4v) is 1.63. The van der Waals surface area contributed by atoms with Crippen molar-refractivity contribution in [1.29, 1.82) is 0 Å². The monoisotopic (exact) mass is 218 g/mol. The van der Waals surface area contributed by atoms with Crippen LogP contribution >= 0.6 is 0 Å². The number of carbonyl (C=O) groups excluding carboxylic acids is 1. The molecule has 2 rings (SSSR count). The Bertz CT molecular complexity index is 504. The highest BCUT2D eigenvalue weighted by Gasteiger charge is 2.13. The quantitative estimate of drug-likeness (QED) is 0.725. The molecule has 4 heteroatoms. The van der Waals surface area contributed by atoms with E-state index in [-0.39, 0.29) is 5.97 Å². The highest BCUT2D eigenvalue weighted by Crippen LogP contribution is 2.13. The van der Waals surface area contributed by atoms with Gasteiger partial charge in [-0.15, -0.1) is 0 Å². The topological polar surface area (TPSA) is 43.6 Å². The third-order valence-electron chi connectivity index (χ3n) is 2.50. The van der Waals surface area contributed by atoms with Crippen molar-refractivity contribution < 1.29 is 9.53 Å². The van der Waals surface area contributed by atoms with Crippen molar-refractivity contribution in [2.45, 2.75) is 20.8 Å². The molecule has 0 bridgehead atoms. The first kappa shape index (κ1) is 10.7. The molecule has 0 spiro atoms. The van der Waals surface area contributed by atoms with Crippen molar-refractivity contribution in [2.24, 2.45) is 0 Å². The number of hydrogen-bond acceptors (Lipinski definition) is 3. The van der Waals surface area contributed by atoms with Gasteiger partial charge in [0.25, 0.3) is 0 Å². The van der Waals surface area contributed by atoms with Gasteiger partial charge in [-0.25, -0.2) is 9.78 Å². The largest absolute Gasteiger partial charge is 0.461 e. The SMILES string of the molecule is CCOC(=O)c1cn2c(C)ccc(C)c2n1. The van der Waals surface area contributed by atoms with Crippen molar-refractivity contribution in [1.82, 2.24) is 9.38 Å². The van der Waals surface area contributed by atoms with Crippen LogP contribution < -0.4 is 0 Å². The van der Waals surface area contributed by atoms with Crippen LogP contribution in [0.4, 0.5) is 0 Å². The van der Waals surface area contributed by atoms with E-state index in [1.807, 2.05) is 30.4 Å². The molecule has 84 valence electrons. The Balaban J connectivity index is 2.55. The Morgan fingerprint density at radius 1 is 1.44 bits per heavy atom. The van der Waals surface area contributed by atoms with Gasteiger partial charge in [0, 0.05) is 11.9 Å². The normalized spacial score (nSPS) is 10.7. The maximum Gasteiger partial charge on any atom is 0.358 e. The van der Waals surface area contributed by atoms with E-state index in [0.717, 1.165) is 16.9 Å². The predicted octanol–water partition coefficient (Wildman–Crippen LogP) is 2.13. The van der Waals surface area contributed by atoms with E-state index in [4.69, 9.17) is 4.74 Å². The fraction of sp³-hybridized carbons (Fsp3) is 0.333. The van der Waals surface area contributed by atoms with Gasteiger partial charge in [0.1, 0.15) is 5.65 Å². The minimum atomic E-state index is -0.370. The third-order valence-corrected chi connectivity index (χ3v) is 2.50. The van der Waals surface area contributed by atoms with Crippen molar-refractivity contribution >= 4 is 11.6 Å². The van der Waals surface area contributed by atoms with Gasteiger partial charge in [-0.2, -0.15) is 0 Å². The van der Waals surface area contributed by atoms with Crippen LogP contribution in [0.2, 0.25) is 0 Å². The van der Waals surface area contributed by atoms with Gasteiger partial charge in [0.05, 0.1) is 6.61 Å². The highest BCUT2D eigenvalue weighted by atomic mass is 16.5. The summed E-state index contributed by atoms with van der Waals surface area (Å²) in [6.07, 6.45) is 1.72. The summed E-state index contributed by atoms with van der Waals surface area (Å²) in [5.41, 5.74) is 3.26. The number of pyridine rings is 1. The van der Waals surface area contributed by atoms with Crippen LogP contribution in [0.3, 0.4) is 0 Å². The minimum absolute atomic E-state index is 0.360. The van der Waals surface area contributed by atoms with E-state index in [0.29, 0.717) is 12.3 Å². The molecule has 2 aromatic rings. The van der Waals surface area contributed by atoms with Crippen molar-refractivity contribution in [2.75, 3.05) is 6.61 Å². The molecule has 0 atom stereocenters.